The predicted octanol–water partition coefficient (Wildman–Crippen LogP) is 1.86. The number of rotatable bonds is 7. The van der Waals surface area contributed by atoms with E-state index in [1.54, 1.807) is 0 Å². The van der Waals surface area contributed by atoms with Gasteiger partial charge in [0.15, 0.2) is 4.34 Å². The maximum atomic E-state index is 10.5. The summed E-state index contributed by atoms with van der Waals surface area (Å²) in [5.74, 6) is -0.108. The quantitative estimate of drug-likeness (QED) is 0.743. The third-order valence-electron chi connectivity index (χ3n) is 3.42. The van der Waals surface area contributed by atoms with Gasteiger partial charge >= 0.3 is 5.97 Å². The Morgan fingerprint density at radius 1 is 1.50 bits per heavy atom. The number of likely N-dealkylation sites (tertiary alicyclic amines) is 1. The average molecular weight is 316 g/mol. The van der Waals surface area contributed by atoms with Crippen molar-refractivity contribution >= 4 is 34.2 Å². The van der Waals surface area contributed by atoms with E-state index in [0.29, 0.717) is 10.3 Å². The Kier molecular flexibility index (Phi) is 6.06. The Labute approximate surface area is 127 Å². The summed E-state index contributed by atoms with van der Waals surface area (Å²) in [6.07, 6.45) is 2.44. The minimum absolute atomic E-state index is 0.0319. The van der Waals surface area contributed by atoms with Crippen LogP contribution in [0.2, 0.25) is 0 Å². The minimum atomic E-state index is -0.831. The molecule has 1 saturated heterocycles. The van der Waals surface area contributed by atoms with Crippen LogP contribution in [0.5, 0.6) is 0 Å². The van der Waals surface area contributed by atoms with Crippen LogP contribution in [-0.2, 0) is 4.79 Å². The SMILES string of the molecule is CCN1CCC(CNc2nnc(SCC(=O)O)s2)CC1. The lowest BCUT2D eigenvalue weighted by Gasteiger charge is -2.30. The second-order valence-corrected chi connectivity index (χ2v) is 7.01. The highest BCUT2D eigenvalue weighted by molar-refractivity contribution is 8.01. The molecule has 0 amide bonds. The van der Waals surface area contributed by atoms with Crippen LogP contribution in [0.15, 0.2) is 4.34 Å². The molecule has 8 heteroatoms. The highest BCUT2D eigenvalue weighted by Gasteiger charge is 2.18. The molecule has 0 atom stereocenters. The standard InChI is InChI=1S/C12H20N4O2S2/c1-2-16-5-3-9(4-6-16)7-13-11-14-15-12(20-11)19-8-10(17)18/h9H,2-8H2,1H3,(H,13,14)(H,17,18). The highest BCUT2D eigenvalue weighted by Crippen LogP contribution is 2.26. The molecule has 2 rings (SSSR count). The number of carboxylic acid groups (broad SMARTS) is 1. The zero-order valence-electron chi connectivity index (χ0n) is 11.5. The van der Waals surface area contributed by atoms with Gasteiger partial charge < -0.3 is 15.3 Å². The van der Waals surface area contributed by atoms with Crippen molar-refractivity contribution in [1.29, 1.82) is 0 Å². The number of carboxylic acids is 1. The molecule has 20 heavy (non-hydrogen) atoms. The number of carbonyl (C=O) groups is 1. The van der Waals surface area contributed by atoms with E-state index in [4.69, 9.17) is 5.11 Å². The summed E-state index contributed by atoms with van der Waals surface area (Å²) in [5, 5.41) is 20.7. The number of hydrogen-bond acceptors (Lipinski definition) is 7. The normalized spacial score (nSPS) is 17.2. The summed E-state index contributed by atoms with van der Waals surface area (Å²) in [7, 11) is 0. The number of piperidine rings is 1. The van der Waals surface area contributed by atoms with E-state index in [2.05, 4.69) is 27.3 Å². The van der Waals surface area contributed by atoms with Gasteiger partial charge in [-0.2, -0.15) is 0 Å². The number of nitrogens with one attached hydrogen (secondary N) is 1. The molecule has 0 spiro atoms. The van der Waals surface area contributed by atoms with Gasteiger partial charge in [0.25, 0.3) is 0 Å². The Morgan fingerprint density at radius 3 is 2.90 bits per heavy atom. The summed E-state index contributed by atoms with van der Waals surface area (Å²) >= 11 is 2.64. The van der Waals surface area contributed by atoms with E-state index in [-0.39, 0.29) is 5.75 Å². The Morgan fingerprint density at radius 2 is 2.25 bits per heavy atom. The highest BCUT2D eigenvalue weighted by atomic mass is 32.2. The van der Waals surface area contributed by atoms with Crippen molar-refractivity contribution < 1.29 is 9.90 Å². The lowest BCUT2D eigenvalue weighted by atomic mass is 9.97. The van der Waals surface area contributed by atoms with E-state index >= 15 is 0 Å². The van der Waals surface area contributed by atoms with E-state index in [1.165, 1.54) is 49.0 Å². The summed E-state index contributed by atoms with van der Waals surface area (Å²) in [4.78, 5) is 13.0. The second kappa shape index (κ2) is 7.80. The van der Waals surface area contributed by atoms with Gasteiger partial charge in [-0.05, 0) is 38.4 Å². The molecule has 1 aromatic heterocycles. The molecule has 0 bridgehead atoms. The maximum absolute atomic E-state index is 10.5. The molecule has 112 valence electrons. The van der Waals surface area contributed by atoms with Gasteiger partial charge in [-0.15, -0.1) is 10.2 Å². The Balaban J connectivity index is 1.70. The number of thioether (sulfide) groups is 1. The molecular weight excluding hydrogens is 296 g/mol. The van der Waals surface area contributed by atoms with Crippen molar-refractivity contribution in [2.24, 2.45) is 5.92 Å². The van der Waals surface area contributed by atoms with Gasteiger partial charge in [-0.3, -0.25) is 4.79 Å². The minimum Gasteiger partial charge on any atom is -0.481 e. The molecule has 0 unspecified atom stereocenters. The molecule has 6 nitrogen and oxygen atoms in total. The van der Waals surface area contributed by atoms with Crippen LogP contribution < -0.4 is 5.32 Å². The van der Waals surface area contributed by atoms with E-state index < -0.39 is 5.97 Å². The Bertz CT molecular complexity index is 433. The molecule has 0 aromatic carbocycles. The smallest absolute Gasteiger partial charge is 0.313 e. The summed E-state index contributed by atoms with van der Waals surface area (Å²) < 4.78 is 0.704. The first kappa shape index (κ1) is 15.5. The molecule has 0 aliphatic carbocycles. The van der Waals surface area contributed by atoms with Crippen LogP contribution >= 0.6 is 23.1 Å². The van der Waals surface area contributed by atoms with Crippen LogP contribution in [0, 0.1) is 5.92 Å². The van der Waals surface area contributed by atoms with Gasteiger partial charge in [0.2, 0.25) is 5.13 Å². The van der Waals surface area contributed by atoms with Gasteiger partial charge in [0, 0.05) is 6.54 Å². The molecule has 1 fully saturated rings. The lowest BCUT2D eigenvalue weighted by Crippen LogP contribution is -2.35. The van der Waals surface area contributed by atoms with Gasteiger partial charge in [-0.25, -0.2) is 0 Å². The summed E-state index contributed by atoms with van der Waals surface area (Å²) in [5.41, 5.74) is 0. The third kappa shape index (κ3) is 4.92. The fourth-order valence-electron chi connectivity index (χ4n) is 2.20. The molecule has 2 heterocycles. The van der Waals surface area contributed by atoms with Crippen molar-refractivity contribution in [2.75, 3.05) is 37.2 Å². The van der Waals surface area contributed by atoms with E-state index in [1.807, 2.05) is 0 Å². The van der Waals surface area contributed by atoms with Crippen molar-refractivity contribution in [2.45, 2.75) is 24.1 Å². The van der Waals surface area contributed by atoms with Crippen LogP contribution in [-0.4, -0.2) is 58.1 Å². The van der Waals surface area contributed by atoms with Gasteiger partial charge in [0.05, 0.1) is 5.75 Å². The van der Waals surface area contributed by atoms with Gasteiger partial charge in [-0.1, -0.05) is 30.0 Å². The first-order valence-electron chi connectivity index (χ1n) is 6.81. The van der Waals surface area contributed by atoms with E-state index in [9.17, 15) is 4.79 Å². The fourth-order valence-corrected chi connectivity index (χ4v) is 3.68. The zero-order valence-corrected chi connectivity index (χ0v) is 13.2. The van der Waals surface area contributed by atoms with Crippen molar-refractivity contribution in [3.63, 3.8) is 0 Å². The summed E-state index contributed by atoms with van der Waals surface area (Å²) in [6.45, 7) is 6.63. The van der Waals surface area contributed by atoms with E-state index in [0.717, 1.165) is 18.2 Å². The zero-order chi connectivity index (χ0) is 14.4. The van der Waals surface area contributed by atoms with Crippen molar-refractivity contribution in [3.05, 3.63) is 0 Å². The monoisotopic (exact) mass is 316 g/mol. The fraction of sp³-hybridized carbons (Fsp3) is 0.750. The number of nitrogens with zero attached hydrogens (tertiary/aromatic N) is 3. The van der Waals surface area contributed by atoms with Crippen LogP contribution in [0.4, 0.5) is 5.13 Å². The number of anilines is 1. The van der Waals surface area contributed by atoms with Crippen molar-refractivity contribution in [1.82, 2.24) is 15.1 Å². The molecule has 0 saturated carbocycles. The number of aliphatic carboxylic acids is 1. The molecule has 1 aromatic rings. The topological polar surface area (TPSA) is 78.3 Å². The van der Waals surface area contributed by atoms with Crippen LogP contribution in [0.3, 0.4) is 0 Å². The first-order valence-corrected chi connectivity index (χ1v) is 8.62. The maximum Gasteiger partial charge on any atom is 0.313 e. The molecule has 1 aliphatic heterocycles. The molecule has 0 radical (unpaired) electrons. The first-order chi connectivity index (χ1) is 9.67. The second-order valence-electron chi connectivity index (χ2n) is 4.81. The lowest BCUT2D eigenvalue weighted by molar-refractivity contribution is -0.133. The predicted molar refractivity (Wildman–Crippen MR) is 81.6 cm³/mol. The Hall–Kier alpha value is -0.860. The number of hydrogen-bond donors (Lipinski definition) is 2. The van der Waals surface area contributed by atoms with Crippen LogP contribution in [0.25, 0.3) is 0 Å². The van der Waals surface area contributed by atoms with Crippen molar-refractivity contribution in [3.8, 4) is 0 Å². The van der Waals surface area contributed by atoms with Crippen LogP contribution in [0.1, 0.15) is 19.8 Å². The molecular formula is C12H20N4O2S2. The average Bonchev–Trinajstić information content (AvgIpc) is 2.91. The largest absolute Gasteiger partial charge is 0.481 e. The third-order valence-corrected chi connectivity index (χ3v) is 5.42. The molecule has 1 aliphatic rings. The molecule has 2 N–H and O–H groups in total. The number of aromatic nitrogens is 2. The summed E-state index contributed by atoms with van der Waals surface area (Å²) in [6, 6.07) is 0. The van der Waals surface area contributed by atoms with Gasteiger partial charge in [0.1, 0.15) is 0 Å².